The molecule has 1 amide bonds. The highest BCUT2D eigenvalue weighted by atomic mass is 35.5. The third-order valence-electron chi connectivity index (χ3n) is 4.30. The number of benzene rings is 2. The van der Waals surface area contributed by atoms with E-state index in [4.69, 9.17) is 27.9 Å². The first kappa shape index (κ1) is 19.1. The van der Waals surface area contributed by atoms with Crippen LogP contribution in [-0.2, 0) is 11.3 Å². The first-order valence-corrected chi connectivity index (χ1v) is 8.99. The van der Waals surface area contributed by atoms with Crippen LogP contribution in [0.25, 0.3) is 0 Å². The van der Waals surface area contributed by atoms with Crippen molar-refractivity contribution in [2.45, 2.75) is 25.6 Å². The summed E-state index contributed by atoms with van der Waals surface area (Å²) in [5, 5.41) is 0.783. The second-order valence-electron chi connectivity index (χ2n) is 6.20. The number of carbonyl (C=O) groups excluding carboxylic acids is 1. The van der Waals surface area contributed by atoms with E-state index in [2.05, 4.69) is 0 Å². The van der Waals surface area contributed by atoms with Crippen LogP contribution in [0.1, 0.15) is 28.8 Å². The van der Waals surface area contributed by atoms with E-state index in [0.29, 0.717) is 34.3 Å². The Morgan fingerprint density at radius 2 is 1.96 bits per heavy atom. The second-order valence-corrected chi connectivity index (χ2v) is 7.04. The van der Waals surface area contributed by atoms with E-state index >= 15 is 0 Å². The van der Waals surface area contributed by atoms with Crippen molar-refractivity contribution >= 4 is 29.1 Å². The van der Waals surface area contributed by atoms with Gasteiger partial charge in [-0.15, -0.1) is 0 Å². The van der Waals surface area contributed by atoms with Crippen LogP contribution in [-0.4, -0.2) is 30.0 Å². The molecule has 0 spiro atoms. The molecule has 1 aliphatic heterocycles. The number of hydrogen-bond acceptors (Lipinski definition) is 2. The Kier molecular flexibility index (Phi) is 6.12. The summed E-state index contributed by atoms with van der Waals surface area (Å²) >= 11 is 12.0. The average molecular weight is 400 g/mol. The largest absolute Gasteiger partial charge is 0.372 e. The number of amides is 1. The molecule has 138 valence electrons. The van der Waals surface area contributed by atoms with Gasteiger partial charge in [0.1, 0.15) is 0 Å². The highest BCUT2D eigenvalue weighted by molar-refractivity contribution is 6.36. The summed E-state index contributed by atoms with van der Waals surface area (Å²) in [6.07, 6.45) is 1.41. The van der Waals surface area contributed by atoms with Crippen LogP contribution in [0.2, 0.25) is 10.0 Å². The monoisotopic (exact) mass is 399 g/mol. The molecule has 2 aromatic carbocycles. The third kappa shape index (κ3) is 4.53. The lowest BCUT2D eigenvalue weighted by molar-refractivity contribution is -0.00681. The number of likely N-dealkylation sites (tertiary alicyclic amines) is 1. The molecule has 0 saturated carbocycles. The van der Waals surface area contributed by atoms with Gasteiger partial charge in [-0.2, -0.15) is 0 Å². The molecule has 2 aromatic rings. The molecule has 0 radical (unpaired) electrons. The Labute approximate surface area is 160 Å². The molecule has 0 aromatic heterocycles. The van der Waals surface area contributed by atoms with Crippen LogP contribution in [0.3, 0.4) is 0 Å². The molecule has 0 aliphatic carbocycles. The number of nitrogens with zero attached hydrogens (tertiary/aromatic N) is 1. The first-order chi connectivity index (χ1) is 12.4. The number of rotatable bonds is 4. The molecule has 1 aliphatic rings. The van der Waals surface area contributed by atoms with Crippen molar-refractivity contribution in [1.82, 2.24) is 4.90 Å². The van der Waals surface area contributed by atoms with Crippen molar-refractivity contribution in [2.75, 3.05) is 13.1 Å². The van der Waals surface area contributed by atoms with Crippen molar-refractivity contribution in [1.29, 1.82) is 0 Å². The van der Waals surface area contributed by atoms with Gasteiger partial charge in [-0.25, -0.2) is 8.78 Å². The van der Waals surface area contributed by atoms with Gasteiger partial charge in [-0.1, -0.05) is 29.3 Å². The van der Waals surface area contributed by atoms with E-state index in [0.717, 1.165) is 25.0 Å². The molecule has 3 rings (SSSR count). The maximum Gasteiger partial charge on any atom is 0.255 e. The molecule has 3 nitrogen and oxygen atoms in total. The maximum absolute atomic E-state index is 13.3. The van der Waals surface area contributed by atoms with Crippen molar-refractivity contribution < 1.29 is 18.3 Å². The molecule has 1 atom stereocenters. The van der Waals surface area contributed by atoms with Gasteiger partial charge < -0.3 is 9.64 Å². The van der Waals surface area contributed by atoms with Crippen LogP contribution < -0.4 is 0 Å². The number of halogens is 4. The average Bonchev–Trinajstić information content (AvgIpc) is 2.62. The van der Waals surface area contributed by atoms with E-state index in [9.17, 15) is 13.6 Å². The van der Waals surface area contributed by atoms with Crippen molar-refractivity contribution in [3.8, 4) is 0 Å². The highest BCUT2D eigenvalue weighted by Gasteiger charge is 2.26. The Hall–Kier alpha value is -1.69. The number of piperidine rings is 1. The van der Waals surface area contributed by atoms with Crippen LogP contribution >= 0.6 is 23.2 Å². The normalized spacial score (nSPS) is 17.4. The molecule has 0 bridgehead atoms. The fourth-order valence-corrected chi connectivity index (χ4v) is 3.42. The molecular weight excluding hydrogens is 383 g/mol. The van der Waals surface area contributed by atoms with Gasteiger partial charge in [0.15, 0.2) is 11.6 Å². The van der Waals surface area contributed by atoms with Gasteiger partial charge in [0.2, 0.25) is 0 Å². The van der Waals surface area contributed by atoms with Gasteiger partial charge in [-0.05, 0) is 48.7 Å². The minimum Gasteiger partial charge on any atom is -0.372 e. The lowest BCUT2D eigenvalue weighted by Gasteiger charge is -2.33. The Balaban J connectivity index is 1.61. The van der Waals surface area contributed by atoms with Crippen LogP contribution in [0, 0.1) is 11.6 Å². The summed E-state index contributed by atoms with van der Waals surface area (Å²) in [5.41, 5.74) is 0.949. The number of carbonyl (C=O) groups is 1. The molecule has 1 fully saturated rings. The van der Waals surface area contributed by atoms with Gasteiger partial charge in [0, 0.05) is 18.1 Å². The van der Waals surface area contributed by atoms with Crippen molar-refractivity contribution in [3.05, 3.63) is 69.2 Å². The van der Waals surface area contributed by atoms with E-state index in [1.54, 1.807) is 17.0 Å². The number of hydrogen-bond donors (Lipinski definition) is 0. The first-order valence-electron chi connectivity index (χ1n) is 8.24. The zero-order valence-electron chi connectivity index (χ0n) is 13.9. The van der Waals surface area contributed by atoms with Crippen molar-refractivity contribution in [3.63, 3.8) is 0 Å². The van der Waals surface area contributed by atoms with Gasteiger partial charge in [-0.3, -0.25) is 4.79 Å². The topological polar surface area (TPSA) is 29.5 Å². The summed E-state index contributed by atoms with van der Waals surface area (Å²) in [5.74, 6) is -1.96. The Morgan fingerprint density at radius 1 is 1.15 bits per heavy atom. The Bertz CT molecular complexity index is 816. The maximum atomic E-state index is 13.3. The molecule has 1 heterocycles. The molecule has 0 unspecified atom stereocenters. The zero-order valence-corrected chi connectivity index (χ0v) is 15.4. The second kappa shape index (κ2) is 8.33. The molecule has 26 heavy (non-hydrogen) atoms. The highest BCUT2D eigenvalue weighted by Crippen LogP contribution is 2.24. The fourth-order valence-electron chi connectivity index (χ4n) is 2.94. The molecule has 1 saturated heterocycles. The summed E-state index contributed by atoms with van der Waals surface area (Å²) in [6.45, 7) is 1.19. The van der Waals surface area contributed by atoms with Gasteiger partial charge in [0.05, 0.1) is 23.3 Å². The van der Waals surface area contributed by atoms with E-state index in [1.807, 2.05) is 0 Å². The standard InChI is InChI=1S/C19H17Cl2F2NO2/c20-13-4-5-15(16(21)9-13)19(25)24-7-1-2-14(10-24)26-11-12-3-6-17(22)18(23)8-12/h3-6,8-9,14H,1-2,7,10-11H2/t14-/m1/s1. The van der Waals surface area contributed by atoms with Crippen LogP contribution in [0.5, 0.6) is 0 Å². The minimum atomic E-state index is -0.899. The summed E-state index contributed by atoms with van der Waals surface area (Å²) in [6, 6.07) is 8.46. The number of ether oxygens (including phenoxy) is 1. The van der Waals surface area contributed by atoms with E-state index in [1.165, 1.54) is 12.1 Å². The SMILES string of the molecule is O=C(c1ccc(Cl)cc1Cl)N1CCC[C@@H](OCc2ccc(F)c(F)c2)C1. The van der Waals surface area contributed by atoms with Crippen LogP contribution in [0.4, 0.5) is 8.78 Å². The predicted molar refractivity (Wildman–Crippen MR) is 96.5 cm³/mol. The molecule has 0 N–H and O–H groups in total. The Morgan fingerprint density at radius 3 is 2.69 bits per heavy atom. The predicted octanol–water partition coefficient (Wildman–Crippen LogP) is 5.09. The smallest absolute Gasteiger partial charge is 0.255 e. The van der Waals surface area contributed by atoms with Crippen LogP contribution in [0.15, 0.2) is 36.4 Å². The third-order valence-corrected chi connectivity index (χ3v) is 4.84. The fraction of sp³-hybridized carbons (Fsp3) is 0.316. The van der Waals surface area contributed by atoms with E-state index < -0.39 is 11.6 Å². The van der Waals surface area contributed by atoms with Gasteiger partial charge >= 0.3 is 0 Å². The van der Waals surface area contributed by atoms with E-state index in [-0.39, 0.29) is 18.6 Å². The molecular formula is C19H17Cl2F2NO2. The lowest BCUT2D eigenvalue weighted by atomic mass is 10.1. The summed E-state index contributed by atoms with van der Waals surface area (Å²) in [7, 11) is 0. The van der Waals surface area contributed by atoms with Gasteiger partial charge in [0.25, 0.3) is 5.91 Å². The summed E-state index contributed by atoms with van der Waals surface area (Å²) < 4.78 is 32.0. The lowest BCUT2D eigenvalue weighted by Crippen LogP contribution is -2.43. The summed E-state index contributed by atoms with van der Waals surface area (Å²) in [4.78, 5) is 14.4. The zero-order chi connectivity index (χ0) is 18.7. The minimum absolute atomic E-state index is 0.158. The van der Waals surface area contributed by atoms with Crippen molar-refractivity contribution in [2.24, 2.45) is 0 Å². The molecule has 7 heteroatoms. The quantitative estimate of drug-likeness (QED) is 0.716.